The summed E-state index contributed by atoms with van der Waals surface area (Å²) in [5.41, 5.74) is -0.762. The summed E-state index contributed by atoms with van der Waals surface area (Å²) < 4.78 is 1.50. The molecule has 0 saturated heterocycles. The van der Waals surface area contributed by atoms with Crippen molar-refractivity contribution in [2.24, 2.45) is 11.3 Å². The van der Waals surface area contributed by atoms with Gasteiger partial charge in [0, 0.05) is 23.2 Å². The van der Waals surface area contributed by atoms with Crippen molar-refractivity contribution in [3.63, 3.8) is 0 Å². The Hall–Kier alpha value is -1.40. The highest BCUT2D eigenvalue weighted by molar-refractivity contribution is 5.17. The fourth-order valence-corrected chi connectivity index (χ4v) is 3.31. The molecule has 98 valence electrons. The highest BCUT2D eigenvalue weighted by Crippen LogP contribution is 2.66. The second-order valence-electron chi connectivity index (χ2n) is 5.50. The minimum atomic E-state index is -0.573. The molecule has 18 heavy (non-hydrogen) atoms. The van der Waals surface area contributed by atoms with Crippen LogP contribution >= 0.6 is 0 Å². The summed E-state index contributed by atoms with van der Waals surface area (Å²) in [7, 11) is 0. The van der Waals surface area contributed by atoms with E-state index in [9.17, 15) is 19.8 Å². The van der Waals surface area contributed by atoms with Crippen LogP contribution in [0.2, 0.25) is 0 Å². The Morgan fingerprint density at radius 1 is 1.56 bits per heavy atom. The van der Waals surface area contributed by atoms with Gasteiger partial charge in [-0.15, -0.1) is 0 Å². The second-order valence-corrected chi connectivity index (χ2v) is 5.50. The molecule has 1 heterocycles. The predicted octanol–water partition coefficient (Wildman–Crippen LogP) is -0.851. The fourth-order valence-electron chi connectivity index (χ4n) is 3.31. The lowest BCUT2D eigenvalue weighted by Gasteiger charge is -2.17. The standard InChI is InChI=1S/C12H16N2O4/c1-6-4-14(11(18)13-10(6)17)8-2-9(16)12(5-15)3-7(8)12/h4,7-9,15-16H,2-3,5H2,1H3,(H,13,17,18)/t7?,8-,9-,12+/m0/s1. The Labute approximate surface area is 103 Å². The maximum atomic E-state index is 11.8. The van der Waals surface area contributed by atoms with Crippen LogP contribution in [-0.4, -0.2) is 32.5 Å². The van der Waals surface area contributed by atoms with Crippen LogP contribution in [0.3, 0.4) is 0 Å². The number of aliphatic hydroxyl groups excluding tert-OH is 2. The lowest BCUT2D eigenvalue weighted by Crippen LogP contribution is -2.33. The van der Waals surface area contributed by atoms with Crippen LogP contribution in [0.1, 0.15) is 24.4 Å². The van der Waals surface area contributed by atoms with E-state index in [1.54, 1.807) is 13.1 Å². The van der Waals surface area contributed by atoms with Gasteiger partial charge in [0.15, 0.2) is 0 Å². The second kappa shape index (κ2) is 3.55. The van der Waals surface area contributed by atoms with Crippen molar-refractivity contribution in [1.29, 1.82) is 0 Å². The van der Waals surface area contributed by atoms with Gasteiger partial charge in [-0.1, -0.05) is 0 Å². The minimum absolute atomic E-state index is 0.0492. The molecule has 2 aliphatic carbocycles. The summed E-state index contributed by atoms with van der Waals surface area (Å²) in [6.45, 7) is 1.60. The van der Waals surface area contributed by atoms with Crippen molar-refractivity contribution < 1.29 is 10.2 Å². The molecule has 0 aromatic carbocycles. The average molecular weight is 252 g/mol. The van der Waals surface area contributed by atoms with Gasteiger partial charge in [0.1, 0.15) is 0 Å². The quantitative estimate of drug-likeness (QED) is 0.639. The first kappa shape index (κ1) is 11.7. The number of aromatic amines is 1. The van der Waals surface area contributed by atoms with E-state index < -0.39 is 17.2 Å². The van der Waals surface area contributed by atoms with Crippen LogP contribution in [0.15, 0.2) is 15.8 Å². The molecule has 2 fully saturated rings. The van der Waals surface area contributed by atoms with Crippen molar-refractivity contribution in [1.82, 2.24) is 9.55 Å². The molecule has 0 amide bonds. The summed E-state index contributed by atoms with van der Waals surface area (Å²) in [6, 6.07) is -0.129. The molecule has 0 aliphatic heterocycles. The van der Waals surface area contributed by atoms with E-state index >= 15 is 0 Å². The molecule has 3 rings (SSSR count). The molecule has 1 unspecified atom stereocenters. The average Bonchev–Trinajstić information content (AvgIpc) is 3.01. The summed E-state index contributed by atoms with van der Waals surface area (Å²) in [4.78, 5) is 25.4. The molecule has 1 aromatic heterocycles. The maximum absolute atomic E-state index is 11.8. The highest BCUT2D eigenvalue weighted by Gasteiger charge is 2.67. The van der Waals surface area contributed by atoms with Gasteiger partial charge in [-0.3, -0.25) is 14.3 Å². The zero-order valence-corrected chi connectivity index (χ0v) is 10.1. The number of fused-ring (bicyclic) bond motifs is 1. The van der Waals surface area contributed by atoms with Gasteiger partial charge in [-0.25, -0.2) is 4.79 Å². The molecule has 4 atom stereocenters. The largest absolute Gasteiger partial charge is 0.396 e. The number of rotatable bonds is 2. The molecule has 2 aliphatic rings. The van der Waals surface area contributed by atoms with Crippen molar-refractivity contribution >= 4 is 0 Å². The molecular weight excluding hydrogens is 236 g/mol. The number of hydrogen-bond acceptors (Lipinski definition) is 4. The Morgan fingerprint density at radius 2 is 2.28 bits per heavy atom. The van der Waals surface area contributed by atoms with Crippen molar-refractivity contribution in [2.45, 2.75) is 31.9 Å². The molecule has 0 spiro atoms. The van der Waals surface area contributed by atoms with Crippen LogP contribution in [0.25, 0.3) is 0 Å². The monoisotopic (exact) mass is 252 g/mol. The van der Waals surface area contributed by atoms with E-state index in [4.69, 9.17) is 0 Å². The number of H-pyrrole nitrogens is 1. The number of hydrogen-bond donors (Lipinski definition) is 3. The molecule has 0 radical (unpaired) electrons. The number of nitrogens with one attached hydrogen (secondary N) is 1. The molecule has 6 heteroatoms. The van der Waals surface area contributed by atoms with E-state index in [2.05, 4.69) is 4.98 Å². The number of nitrogens with zero attached hydrogens (tertiary/aromatic N) is 1. The first-order chi connectivity index (χ1) is 8.49. The number of aliphatic hydroxyl groups is 2. The zero-order chi connectivity index (χ0) is 13.1. The summed E-state index contributed by atoms with van der Waals surface area (Å²) >= 11 is 0. The topological polar surface area (TPSA) is 95.3 Å². The third-order valence-electron chi connectivity index (χ3n) is 4.57. The zero-order valence-electron chi connectivity index (χ0n) is 10.1. The van der Waals surface area contributed by atoms with Gasteiger partial charge in [0.05, 0.1) is 12.7 Å². The Bertz CT molecular complexity index is 605. The normalized spacial score (nSPS) is 37.6. The van der Waals surface area contributed by atoms with E-state index in [0.29, 0.717) is 12.0 Å². The van der Waals surface area contributed by atoms with Crippen LogP contribution in [0, 0.1) is 18.3 Å². The van der Waals surface area contributed by atoms with E-state index in [-0.39, 0.29) is 24.1 Å². The van der Waals surface area contributed by atoms with Crippen LogP contribution in [-0.2, 0) is 0 Å². The first-order valence-corrected chi connectivity index (χ1v) is 6.10. The smallest absolute Gasteiger partial charge is 0.328 e. The SMILES string of the molecule is Cc1cn([C@H]2C[C@H](O)[C@@]3(CO)CC23)c(=O)[nH]c1=O. The van der Waals surface area contributed by atoms with Crippen LogP contribution in [0.5, 0.6) is 0 Å². The lowest BCUT2D eigenvalue weighted by molar-refractivity contribution is 0.0599. The Kier molecular flexibility index (Phi) is 2.30. The molecule has 3 N–H and O–H groups in total. The third kappa shape index (κ3) is 1.36. The summed E-state index contributed by atoms with van der Waals surface area (Å²) in [5.74, 6) is 0.125. The predicted molar refractivity (Wildman–Crippen MR) is 63.3 cm³/mol. The van der Waals surface area contributed by atoms with Gasteiger partial charge in [0.2, 0.25) is 0 Å². The molecular formula is C12H16N2O4. The summed E-state index contributed by atoms with van der Waals surface area (Å²) in [6.07, 6.45) is 2.16. The van der Waals surface area contributed by atoms with E-state index in [1.165, 1.54) is 4.57 Å². The van der Waals surface area contributed by atoms with Crippen LogP contribution in [0.4, 0.5) is 0 Å². The van der Waals surface area contributed by atoms with Crippen molar-refractivity contribution in [3.05, 3.63) is 32.6 Å². The molecule has 2 saturated carbocycles. The lowest BCUT2D eigenvalue weighted by atomic mass is 10.0. The molecule has 6 nitrogen and oxygen atoms in total. The van der Waals surface area contributed by atoms with Gasteiger partial charge >= 0.3 is 5.69 Å². The maximum Gasteiger partial charge on any atom is 0.328 e. The van der Waals surface area contributed by atoms with Gasteiger partial charge in [-0.05, 0) is 25.7 Å². The van der Waals surface area contributed by atoms with Gasteiger partial charge in [-0.2, -0.15) is 0 Å². The van der Waals surface area contributed by atoms with E-state index in [1.807, 2.05) is 0 Å². The fraction of sp³-hybridized carbons (Fsp3) is 0.667. The Morgan fingerprint density at radius 3 is 2.83 bits per heavy atom. The van der Waals surface area contributed by atoms with Gasteiger partial charge < -0.3 is 10.2 Å². The van der Waals surface area contributed by atoms with Crippen molar-refractivity contribution in [2.75, 3.05) is 6.61 Å². The minimum Gasteiger partial charge on any atom is -0.396 e. The highest BCUT2D eigenvalue weighted by atomic mass is 16.3. The van der Waals surface area contributed by atoms with E-state index in [0.717, 1.165) is 6.42 Å². The van der Waals surface area contributed by atoms with Crippen molar-refractivity contribution in [3.8, 4) is 0 Å². The van der Waals surface area contributed by atoms with Crippen LogP contribution < -0.4 is 11.2 Å². The third-order valence-corrected chi connectivity index (χ3v) is 4.57. The number of aromatic nitrogens is 2. The first-order valence-electron chi connectivity index (χ1n) is 6.10. The van der Waals surface area contributed by atoms with Gasteiger partial charge in [0.25, 0.3) is 5.56 Å². The molecule has 1 aromatic rings. The molecule has 0 bridgehead atoms. The Balaban J connectivity index is 2.02. The number of aryl methyl sites for hydroxylation is 1. The summed E-state index contributed by atoms with van der Waals surface area (Å²) in [5, 5.41) is 19.4.